The van der Waals surface area contributed by atoms with Gasteiger partial charge in [-0.3, -0.25) is 0 Å². The molecule has 176 valence electrons. The van der Waals surface area contributed by atoms with Crippen molar-refractivity contribution in [3.63, 3.8) is 0 Å². The van der Waals surface area contributed by atoms with Gasteiger partial charge in [0.05, 0.1) is 16.1 Å². The quantitative estimate of drug-likeness (QED) is 0.280. The second-order valence-electron chi connectivity index (χ2n) is 12.6. The van der Waals surface area contributed by atoms with E-state index in [1.54, 1.807) is 0 Å². The minimum atomic E-state index is -1.79. The Labute approximate surface area is 207 Å². The zero-order valence-corrected chi connectivity index (χ0v) is 24.6. The molecule has 3 aromatic rings. The third kappa shape index (κ3) is 5.94. The molecule has 1 aromatic heterocycles. The maximum atomic E-state index is 9.20. The van der Waals surface area contributed by atoms with E-state index < -0.39 is 27.9 Å². The molecule has 1 heterocycles. The molecular formula is C30H44NSi2+. The van der Waals surface area contributed by atoms with Gasteiger partial charge in [0.15, 0.2) is 6.20 Å². The summed E-state index contributed by atoms with van der Waals surface area (Å²) in [6.07, 6.45) is 0.772. The van der Waals surface area contributed by atoms with Crippen molar-refractivity contribution in [1.29, 1.82) is 0 Å². The van der Waals surface area contributed by atoms with E-state index in [-0.39, 0.29) is 0 Å². The number of rotatable bonds is 5. The summed E-state index contributed by atoms with van der Waals surface area (Å²) >= 11 is 0. The molecule has 33 heavy (non-hydrogen) atoms. The van der Waals surface area contributed by atoms with E-state index in [9.17, 15) is 2.74 Å². The van der Waals surface area contributed by atoms with Crippen molar-refractivity contribution in [2.24, 2.45) is 12.5 Å². The van der Waals surface area contributed by atoms with Crippen LogP contribution in [0.25, 0.3) is 22.4 Å². The highest BCUT2D eigenvalue weighted by Gasteiger charge is 2.29. The Balaban J connectivity index is 2.40. The number of aromatic nitrogens is 1. The number of nitrogens with zero attached hydrogens (tertiary/aromatic N) is 1. The Bertz CT molecular complexity index is 1230. The molecule has 0 saturated carbocycles. The van der Waals surface area contributed by atoms with Gasteiger partial charge in [-0.2, -0.15) is 0 Å². The van der Waals surface area contributed by atoms with E-state index in [4.69, 9.17) is 0 Å². The Kier molecular flexibility index (Phi) is 6.21. The highest BCUT2D eigenvalue weighted by atomic mass is 28.3. The molecule has 0 unspecified atom stereocenters. The summed E-state index contributed by atoms with van der Waals surface area (Å²) in [5, 5.41) is 2.67. The predicted octanol–water partition coefficient (Wildman–Crippen LogP) is 6.83. The Morgan fingerprint density at radius 2 is 1.39 bits per heavy atom. The van der Waals surface area contributed by atoms with Gasteiger partial charge in [0.2, 0.25) is 5.69 Å². The summed E-state index contributed by atoms with van der Waals surface area (Å²) < 4.78 is 20.6. The van der Waals surface area contributed by atoms with E-state index >= 15 is 0 Å². The summed E-state index contributed by atoms with van der Waals surface area (Å²) in [6, 6.07) is 17.6. The summed E-state index contributed by atoms with van der Waals surface area (Å²) in [5.74, 6) is 0. The van der Waals surface area contributed by atoms with Crippen molar-refractivity contribution in [3.05, 3.63) is 65.9 Å². The van der Waals surface area contributed by atoms with Gasteiger partial charge in [-0.15, -0.1) is 0 Å². The van der Waals surface area contributed by atoms with Crippen LogP contribution in [0.5, 0.6) is 0 Å². The summed E-state index contributed by atoms with van der Waals surface area (Å²) in [7, 11) is -1.26. The molecule has 0 aliphatic rings. The molecule has 3 rings (SSSR count). The molecule has 0 bridgehead atoms. The standard InChI is InChI=1S/C30H44NSi2/c1-22-17-28(32(6,7)8)26(23-15-13-12-14-16-23)19-25(22)27-18-24(20-30(2,3)4)29(21-31(27)5)33(9,10)11/h12-19,21H,20H2,1-11H3/q+1/i20D2. The monoisotopic (exact) mass is 476 g/mol. The molecule has 0 amide bonds. The van der Waals surface area contributed by atoms with Crippen LogP contribution >= 0.6 is 0 Å². The minimum absolute atomic E-state index is 0.509. The van der Waals surface area contributed by atoms with Gasteiger partial charge >= 0.3 is 0 Å². The first kappa shape index (κ1) is 22.8. The number of aryl methyl sites for hydroxylation is 2. The van der Waals surface area contributed by atoms with Gasteiger partial charge in [0.25, 0.3) is 0 Å². The van der Waals surface area contributed by atoms with E-state index in [2.05, 4.69) is 113 Å². The highest BCUT2D eigenvalue weighted by molar-refractivity contribution is 6.90. The van der Waals surface area contributed by atoms with E-state index in [1.807, 2.05) is 20.8 Å². The van der Waals surface area contributed by atoms with Crippen LogP contribution in [0.1, 0.15) is 34.6 Å². The fourth-order valence-corrected chi connectivity index (χ4v) is 7.68. The van der Waals surface area contributed by atoms with Gasteiger partial charge in [-0.1, -0.05) is 102 Å². The van der Waals surface area contributed by atoms with Crippen LogP contribution < -0.4 is 14.9 Å². The molecule has 0 radical (unpaired) electrons. The maximum Gasteiger partial charge on any atom is 0.212 e. The average molecular weight is 477 g/mol. The number of pyridine rings is 1. The zero-order valence-electron chi connectivity index (χ0n) is 24.6. The minimum Gasteiger partial charge on any atom is -0.201 e. The van der Waals surface area contributed by atoms with Crippen LogP contribution in [0.15, 0.2) is 54.7 Å². The van der Waals surface area contributed by atoms with Crippen molar-refractivity contribution >= 4 is 26.5 Å². The van der Waals surface area contributed by atoms with Gasteiger partial charge in [0, 0.05) is 19.6 Å². The van der Waals surface area contributed by atoms with E-state index in [0.29, 0.717) is 0 Å². The molecule has 0 saturated heterocycles. The molecule has 0 aliphatic heterocycles. The molecule has 0 fully saturated rings. The molecular weight excluding hydrogens is 431 g/mol. The lowest BCUT2D eigenvalue weighted by atomic mass is 9.87. The van der Waals surface area contributed by atoms with Crippen molar-refractivity contribution < 1.29 is 7.31 Å². The van der Waals surface area contributed by atoms with E-state index in [0.717, 1.165) is 11.3 Å². The molecule has 0 spiro atoms. The number of benzene rings is 2. The lowest BCUT2D eigenvalue weighted by molar-refractivity contribution is -0.659. The normalized spacial score (nSPS) is 14.2. The molecule has 0 aliphatic carbocycles. The van der Waals surface area contributed by atoms with Crippen LogP contribution in [0, 0.1) is 12.3 Å². The predicted molar refractivity (Wildman–Crippen MR) is 152 cm³/mol. The van der Waals surface area contributed by atoms with Crippen LogP contribution in [0.2, 0.25) is 39.3 Å². The van der Waals surface area contributed by atoms with Crippen molar-refractivity contribution in [3.8, 4) is 22.4 Å². The van der Waals surface area contributed by atoms with Gasteiger partial charge < -0.3 is 0 Å². The maximum absolute atomic E-state index is 9.20. The Morgan fingerprint density at radius 3 is 1.91 bits per heavy atom. The first-order chi connectivity index (χ1) is 15.9. The van der Waals surface area contributed by atoms with Crippen molar-refractivity contribution in [1.82, 2.24) is 0 Å². The Morgan fingerprint density at radius 1 is 0.818 bits per heavy atom. The fourth-order valence-electron chi connectivity index (χ4n) is 4.48. The van der Waals surface area contributed by atoms with Gasteiger partial charge in [-0.25, -0.2) is 4.57 Å². The lowest BCUT2D eigenvalue weighted by Gasteiger charge is -2.26. The van der Waals surface area contributed by atoms with Crippen LogP contribution in [-0.4, -0.2) is 16.1 Å². The third-order valence-corrected chi connectivity index (χ3v) is 10.2. The largest absolute Gasteiger partial charge is 0.212 e. The second kappa shape index (κ2) is 9.00. The van der Waals surface area contributed by atoms with Crippen LogP contribution in [-0.2, 0) is 13.4 Å². The average Bonchev–Trinajstić information content (AvgIpc) is 2.72. The first-order valence-electron chi connectivity index (χ1n) is 13.1. The molecule has 2 aromatic carbocycles. The molecule has 0 N–H and O–H groups in total. The van der Waals surface area contributed by atoms with E-state index in [1.165, 1.54) is 32.6 Å². The van der Waals surface area contributed by atoms with Crippen molar-refractivity contribution in [2.45, 2.75) is 73.3 Å². The lowest BCUT2D eigenvalue weighted by Crippen LogP contribution is -2.47. The van der Waals surface area contributed by atoms with Gasteiger partial charge in [0.1, 0.15) is 7.05 Å². The summed E-state index contributed by atoms with van der Waals surface area (Å²) in [5.41, 5.74) is 6.41. The Hall–Kier alpha value is -1.98. The van der Waals surface area contributed by atoms with Crippen LogP contribution in [0.3, 0.4) is 0 Å². The zero-order chi connectivity index (χ0) is 26.6. The SMILES string of the molecule is [2H]C([2H])(c1cc(-c2cc(-c3ccccc3)c([Si](C)(C)C)cc2C)[n+](C)cc1[Si](C)(C)C)C(C)(C)C. The molecule has 0 atom stereocenters. The summed E-state index contributed by atoms with van der Waals surface area (Å²) in [4.78, 5) is 0. The highest BCUT2D eigenvalue weighted by Crippen LogP contribution is 2.30. The molecule has 1 nitrogen and oxygen atoms in total. The number of hydrogen-bond acceptors (Lipinski definition) is 0. The fraction of sp³-hybridized carbons (Fsp3) is 0.433. The summed E-state index contributed by atoms with van der Waals surface area (Å²) in [6.45, 7) is 22.4. The number of hydrogen-bond donors (Lipinski definition) is 0. The van der Waals surface area contributed by atoms with Crippen molar-refractivity contribution in [2.75, 3.05) is 0 Å². The van der Waals surface area contributed by atoms with Gasteiger partial charge in [-0.05, 0) is 47.0 Å². The molecule has 3 heteroatoms. The smallest absolute Gasteiger partial charge is 0.201 e. The topological polar surface area (TPSA) is 3.88 Å². The first-order valence-corrected chi connectivity index (χ1v) is 19.1. The second-order valence-corrected chi connectivity index (χ2v) is 22.6. The van der Waals surface area contributed by atoms with Crippen LogP contribution in [0.4, 0.5) is 0 Å². The third-order valence-electron chi connectivity index (χ3n) is 6.12.